The van der Waals surface area contributed by atoms with Crippen LogP contribution in [0.25, 0.3) is 0 Å². The summed E-state index contributed by atoms with van der Waals surface area (Å²) in [6.07, 6.45) is -4.76. The predicted molar refractivity (Wildman–Crippen MR) is 42.3 cm³/mol. The minimum Gasteiger partial charge on any atom is -0.272 e. The van der Waals surface area contributed by atoms with Crippen LogP contribution in [0, 0.1) is 18.3 Å². The van der Waals surface area contributed by atoms with Gasteiger partial charge in [0.1, 0.15) is 0 Å². The van der Waals surface area contributed by atoms with Crippen molar-refractivity contribution in [3.8, 4) is 6.07 Å². The fraction of sp³-hybridized carbons (Fsp3) is 0.500. The van der Waals surface area contributed by atoms with E-state index in [1.807, 2.05) is 0 Å². The summed E-state index contributed by atoms with van der Waals surface area (Å²) < 4.78 is 38.3. The molecule has 0 atom stereocenters. The van der Waals surface area contributed by atoms with Crippen molar-refractivity contribution < 1.29 is 13.2 Å². The van der Waals surface area contributed by atoms with E-state index < -0.39 is 11.9 Å². The molecule has 1 aromatic rings. The minimum absolute atomic E-state index is 0.0394. The number of nitrogens with zero attached hydrogens (tertiary/aromatic N) is 3. The number of hydrogen-bond donors (Lipinski definition) is 0. The van der Waals surface area contributed by atoms with E-state index in [-0.39, 0.29) is 12.0 Å². The van der Waals surface area contributed by atoms with Crippen LogP contribution < -0.4 is 0 Å². The maximum absolute atomic E-state index is 12.4. The van der Waals surface area contributed by atoms with Crippen molar-refractivity contribution in [2.75, 3.05) is 0 Å². The highest BCUT2D eigenvalue weighted by atomic mass is 19.4. The van der Waals surface area contributed by atoms with Crippen molar-refractivity contribution in [3.05, 3.63) is 17.0 Å². The van der Waals surface area contributed by atoms with E-state index in [1.54, 1.807) is 6.07 Å². The lowest BCUT2D eigenvalue weighted by molar-refractivity contribution is -0.142. The van der Waals surface area contributed by atoms with Crippen molar-refractivity contribution in [3.63, 3.8) is 0 Å². The second-order valence-electron chi connectivity index (χ2n) is 2.87. The fourth-order valence-electron chi connectivity index (χ4n) is 1.17. The van der Waals surface area contributed by atoms with Crippen LogP contribution in [0.15, 0.2) is 0 Å². The van der Waals surface area contributed by atoms with Crippen molar-refractivity contribution in [1.29, 1.82) is 5.26 Å². The number of hydrogen-bond acceptors (Lipinski definition) is 2. The number of rotatable bonds is 1. The average molecular weight is 203 g/mol. The Morgan fingerprint density at radius 2 is 2.07 bits per heavy atom. The van der Waals surface area contributed by atoms with Crippen LogP contribution in [0.1, 0.15) is 17.0 Å². The summed E-state index contributed by atoms with van der Waals surface area (Å²) in [5.41, 5.74) is -0.625. The van der Waals surface area contributed by atoms with Crippen LogP contribution in [-0.4, -0.2) is 9.78 Å². The topological polar surface area (TPSA) is 41.6 Å². The lowest BCUT2D eigenvalue weighted by atomic mass is 10.1. The van der Waals surface area contributed by atoms with Gasteiger partial charge in [0.2, 0.25) is 0 Å². The van der Waals surface area contributed by atoms with Crippen molar-refractivity contribution >= 4 is 0 Å². The monoisotopic (exact) mass is 203 g/mol. The number of aromatic nitrogens is 2. The molecule has 0 fully saturated rings. The van der Waals surface area contributed by atoms with E-state index in [2.05, 4.69) is 5.10 Å². The lowest BCUT2D eigenvalue weighted by Gasteiger charge is -2.03. The standard InChI is InChI=1S/C8H8F3N3/c1-5-6(3-4-12)7(8(9,10)11)13-14(5)2/h3H2,1-2H3. The molecular weight excluding hydrogens is 195 g/mol. The fourth-order valence-corrected chi connectivity index (χ4v) is 1.17. The van der Waals surface area contributed by atoms with Gasteiger partial charge in [-0.15, -0.1) is 0 Å². The first-order valence-electron chi connectivity index (χ1n) is 3.84. The summed E-state index contributed by atoms with van der Waals surface area (Å²) in [5.74, 6) is 0. The molecule has 76 valence electrons. The van der Waals surface area contributed by atoms with Crippen LogP contribution in [0.2, 0.25) is 0 Å². The first kappa shape index (κ1) is 10.6. The number of alkyl halides is 3. The Morgan fingerprint density at radius 3 is 2.50 bits per heavy atom. The molecule has 0 aliphatic heterocycles. The van der Waals surface area contributed by atoms with Gasteiger partial charge in [-0.1, -0.05) is 0 Å². The third kappa shape index (κ3) is 1.71. The molecule has 0 N–H and O–H groups in total. The highest BCUT2D eigenvalue weighted by Gasteiger charge is 2.37. The van der Waals surface area contributed by atoms with Gasteiger partial charge in [0.15, 0.2) is 5.69 Å². The van der Waals surface area contributed by atoms with Crippen molar-refractivity contribution in [2.45, 2.75) is 19.5 Å². The molecule has 6 heteroatoms. The quantitative estimate of drug-likeness (QED) is 0.698. The molecule has 0 aliphatic rings. The first-order valence-corrected chi connectivity index (χ1v) is 3.84. The maximum Gasteiger partial charge on any atom is 0.435 e. The Morgan fingerprint density at radius 1 is 1.50 bits per heavy atom. The van der Waals surface area contributed by atoms with Gasteiger partial charge in [-0.2, -0.15) is 23.5 Å². The third-order valence-corrected chi connectivity index (χ3v) is 1.98. The smallest absolute Gasteiger partial charge is 0.272 e. The largest absolute Gasteiger partial charge is 0.435 e. The van der Waals surface area contributed by atoms with Crippen LogP contribution in [0.5, 0.6) is 0 Å². The Bertz CT molecular complexity index is 384. The summed E-state index contributed by atoms with van der Waals surface area (Å²) >= 11 is 0. The molecule has 0 saturated heterocycles. The van der Waals surface area contributed by atoms with Gasteiger partial charge < -0.3 is 0 Å². The molecule has 0 unspecified atom stereocenters. The van der Waals surface area contributed by atoms with E-state index in [0.717, 1.165) is 4.68 Å². The molecule has 1 aromatic heterocycles. The predicted octanol–water partition coefficient (Wildman–Crippen LogP) is 1.81. The number of aryl methyl sites for hydroxylation is 1. The number of halogens is 3. The Labute approximate surface area is 78.8 Å². The molecule has 14 heavy (non-hydrogen) atoms. The van der Waals surface area contributed by atoms with Crippen LogP contribution in [-0.2, 0) is 19.6 Å². The van der Waals surface area contributed by atoms with Gasteiger partial charge in [0.05, 0.1) is 12.5 Å². The second-order valence-corrected chi connectivity index (χ2v) is 2.87. The molecule has 0 saturated carbocycles. The van der Waals surface area contributed by atoms with E-state index in [9.17, 15) is 13.2 Å². The summed E-state index contributed by atoms with van der Waals surface area (Å²) in [5, 5.41) is 11.7. The summed E-state index contributed by atoms with van der Waals surface area (Å²) in [6, 6.07) is 1.70. The molecule has 0 spiro atoms. The maximum atomic E-state index is 12.4. The zero-order valence-electron chi connectivity index (χ0n) is 7.68. The molecule has 0 radical (unpaired) electrons. The normalized spacial score (nSPS) is 11.4. The zero-order valence-corrected chi connectivity index (χ0v) is 7.68. The van der Waals surface area contributed by atoms with Gasteiger partial charge in [-0.3, -0.25) is 4.68 Å². The van der Waals surface area contributed by atoms with Crippen molar-refractivity contribution in [2.24, 2.45) is 7.05 Å². The highest BCUT2D eigenvalue weighted by Crippen LogP contribution is 2.32. The number of nitriles is 1. The molecule has 0 aliphatic carbocycles. The van der Waals surface area contributed by atoms with E-state index in [0.29, 0.717) is 5.69 Å². The van der Waals surface area contributed by atoms with Gasteiger partial charge >= 0.3 is 6.18 Å². The molecule has 0 bridgehead atoms. The van der Waals surface area contributed by atoms with Gasteiger partial charge in [0, 0.05) is 18.3 Å². The van der Waals surface area contributed by atoms with Crippen LogP contribution in [0.3, 0.4) is 0 Å². The summed E-state index contributed by atoms with van der Waals surface area (Å²) in [6.45, 7) is 1.51. The summed E-state index contributed by atoms with van der Waals surface area (Å²) in [4.78, 5) is 0. The molecular formula is C8H8F3N3. The second kappa shape index (κ2) is 3.33. The van der Waals surface area contributed by atoms with Gasteiger partial charge in [-0.25, -0.2) is 0 Å². The SMILES string of the molecule is Cc1c(CC#N)c(C(F)(F)F)nn1C. The first-order chi connectivity index (χ1) is 6.38. The highest BCUT2D eigenvalue weighted by molar-refractivity contribution is 5.30. The zero-order chi connectivity index (χ0) is 10.9. The van der Waals surface area contributed by atoms with E-state index >= 15 is 0 Å². The molecule has 0 aromatic carbocycles. The molecule has 3 nitrogen and oxygen atoms in total. The Balaban J connectivity index is 3.31. The molecule has 0 amide bonds. The lowest BCUT2D eigenvalue weighted by Crippen LogP contribution is -2.09. The third-order valence-electron chi connectivity index (χ3n) is 1.98. The minimum atomic E-state index is -4.49. The van der Waals surface area contributed by atoms with Crippen molar-refractivity contribution in [1.82, 2.24) is 9.78 Å². The average Bonchev–Trinajstić information content (AvgIpc) is 2.32. The molecule has 1 rings (SSSR count). The van der Waals surface area contributed by atoms with Crippen LogP contribution >= 0.6 is 0 Å². The Kier molecular flexibility index (Phi) is 2.51. The van der Waals surface area contributed by atoms with E-state index in [4.69, 9.17) is 5.26 Å². The van der Waals surface area contributed by atoms with Gasteiger partial charge in [0.25, 0.3) is 0 Å². The Hall–Kier alpha value is -1.51. The van der Waals surface area contributed by atoms with Gasteiger partial charge in [-0.05, 0) is 6.92 Å². The molecule has 1 heterocycles. The van der Waals surface area contributed by atoms with Crippen LogP contribution in [0.4, 0.5) is 13.2 Å². The summed E-state index contributed by atoms with van der Waals surface area (Å²) in [7, 11) is 1.42. The van der Waals surface area contributed by atoms with E-state index in [1.165, 1.54) is 14.0 Å².